The predicted octanol–water partition coefficient (Wildman–Crippen LogP) is 25.6. The summed E-state index contributed by atoms with van der Waals surface area (Å²) in [5.41, 5.74) is 0. The summed E-state index contributed by atoms with van der Waals surface area (Å²) in [4.78, 5) is 73.0. The van der Waals surface area contributed by atoms with E-state index < -0.39 is 97.5 Å². The minimum Gasteiger partial charge on any atom is -0.462 e. The van der Waals surface area contributed by atoms with Gasteiger partial charge in [-0.05, 0) is 31.6 Å². The van der Waals surface area contributed by atoms with Crippen LogP contribution in [0.4, 0.5) is 0 Å². The van der Waals surface area contributed by atoms with Gasteiger partial charge in [0.2, 0.25) is 0 Å². The largest absolute Gasteiger partial charge is 0.472 e. The van der Waals surface area contributed by atoms with Crippen LogP contribution in [0.15, 0.2) is 0 Å². The van der Waals surface area contributed by atoms with Crippen molar-refractivity contribution in [2.75, 3.05) is 39.6 Å². The molecule has 19 heteroatoms. The van der Waals surface area contributed by atoms with Gasteiger partial charge in [0, 0.05) is 25.7 Å². The third-order valence-corrected chi connectivity index (χ3v) is 21.7. The van der Waals surface area contributed by atoms with Crippen LogP contribution in [0.2, 0.25) is 0 Å². The summed E-state index contributed by atoms with van der Waals surface area (Å²) in [6.07, 6.45) is 69.7. The van der Waals surface area contributed by atoms with Crippen molar-refractivity contribution < 1.29 is 80.2 Å². The van der Waals surface area contributed by atoms with Crippen molar-refractivity contribution in [2.24, 2.45) is 5.92 Å². The van der Waals surface area contributed by atoms with Crippen molar-refractivity contribution in [1.29, 1.82) is 0 Å². The molecule has 0 aliphatic rings. The van der Waals surface area contributed by atoms with Crippen LogP contribution in [0.5, 0.6) is 0 Å². The van der Waals surface area contributed by atoms with Gasteiger partial charge in [0.1, 0.15) is 19.3 Å². The SMILES string of the molecule is CCCCCCCCCCCCCCCCCCCCCCCCC(=O)O[C@H](COC(=O)CCCCCCCCCCCCCCCCC(C)C)COP(=O)(O)OC[C@@H](O)COP(=O)(O)OC[C@@H](COC(=O)CCCCCCCCC)OC(=O)CCCCCCCCCCCCCCCCCCC. The van der Waals surface area contributed by atoms with Crippen molar-refractivity contribution in [2.45, 2.75) is 470 Å². The number of rotatable bonds is 84. The number of carbonyl (C=O) groups excluding carboxylic acids is 4. The second-order valence-corrected chi connectivity index (χ2v) is 33.6. The first-order chi connectivity index (χ1) is 50.0. The van der Waals surface area contributed by atoms with E-state index in [1.807, 2.05) is 0 Å². The topological polar surface area (TPSA) is 237 Å². The first-order valence-electron chi connectivity index (χ1n) is 43.6. The highest BCUT2D eigenvalue weighted by Gasteiger charge is 2.30. The minimum absolute atomic E-state index is 0.108. The molecule has 0 aromatic carbocycles. The molecule has 0 heterocycles. The Bertz CT molecular complexity index is 1960. The lowest BCUT2D eigenvalue weighted by molar-refractivity contribution is -0.161. The zero-order valence-corrected chi connectivity index (χ0v) is 69.3. The van der Waals surface area contributed by atoms with E-state index in [0.29, 0.717) is 25.7 Å². The molecular formula is C84H164O17P2. The lowest BCUT2D eigenvalue weighted by Crippen LogP contribution is -2.30. The van der Waals surface area contributed by atoms with Gasteiger partial charge in [-0.2, -0.15) is 0 Å². The van der Waals surface area contributed by atoms with E-state index in [4.69, 9.17) is 37.0 Å². The van der Waals surface area contributed by atoms with Crippen LogP contribution in [0.25, 0.3) is 0 Å². The molecule has 17 nitrogen and oxygen atoms in total. The van der Waals surface area contributed by atoms with Crippen LogP contribution in [-0.4, -0.2) is 96.7 Å². The number of ether oxygens (including phenoxy) is 4. The summed E-state index contributed by atoms with van der Waals surface area (Å²) in [6.45, 7) is 7.33. The van der Waals surface area contributed by atoms with Crippen molar-refractivity contribution in [3.63, 3.8) is 0 Å². The molecule has 612 valence electrons. The van der Waals surface area contributed by atoms with Crippen LogP contribution in [0.1, 0.15) is 452 Å². The van der Waals surface area contributed by atoms with E-state index in [2.05, 4.69) is 34.6 Å². The molecule has 0 aromatic heterocycles. The van der Waals surface area contributed by atoms with E-state index in [9.17, 15) is 43.2 Å². The minimum atomic E-state index is -4.96. The number of carbonyl (C=O) groups is 4. The summed E-state index contributed by atoms with van der Waals surface area (Å²) in [6, 6.07) is 0. The van der Waals surface area contributed by atoms with Gasteiger partial charge in [-0.1, -0.05) is 401 Å². The lowest BCUT2D eigenvalue weighted by Gasteiger charge is -2.21. The molecule has 0 rings (SSSR count). The molecule has 0 amide bonds. The van der Waals surface area contributed by atoms with Gasteiger partial charge < -0.3 is 33.8 Å². The fourth-order valence-electron chi connectivity index (χ4n) is 13.1. The average Bonchev–Trinajstić information content (AvgIpc) is 0.962. The van der Waals surface area contributed by atoms with Crippen molar-refractivity contribution in [1.82, 2.24) is 0 Å². The zero-order chi connectivity index (χ0) is 75.5. The van der Waals surface area contributed by atoms with E-state index in [1.165, 1.54) is 263 Å². The number of aliphatic hydroxyl groups is 1. The summed E-state index contributed by atoms with van der Waals surface area (Å²) >= 11 is 0. The predicted molar refractivity (Wildman–Crippen MR) is 423 cm³/mol. The maximum Gasteiger partial charge on any atom is 0.472 e. The fourth-order valence-corrected chi connectivity index (χ4v) is 14.7. The van der Waals surface area contributed by atoms with Crippen molar-refractivity contribution >= 4 is 39.5 Å². The Morgan fingerprint density at radius 2 is 0.447 bits per heavy atom. The first-order valence-corrected chi connectivity index (χ1v) is 46.6. The second kappa shape index (κ2) is 76.8. The molecule has 2 unspecified atom stereocenters. The molecule has 0 aromatic rings. The van der Waals surface area contributed by atoms with E-state index in [1.54, 1.807) is 0 Å². The van der Waals surface area contributed by atoms with Crippen LogP contribution in [0.3, 0.4) is 0 Å². The maximum absolute atomic E-state index is 13.1. The fraction of sp³-hybridized carbons (Fsp3) is 0.952. The van der Waals surface area contributed by atoms with Gasteiger partial charge in [-0.25, -0.2) is 9.13 Å². The molecule has 0 fully saturated rings. The van der Waals surface area contributed by atoms with E-state index >= 15 is 0 Å². The number of unbranched alkanes of at least 4 members (excludes halogenated alkanes) is 56. The third-order valence-electron chi connectivity index (χ3n) is 19.8. The van der Waals surface area contributed by atoms with Gasteiger partial charge in [0.25, 0.3) is 0 Å². The highest BCUT2D eigenvalue weighted by molar-refractivity contribution is 7.47. The highest BCUT2D eigenvalue weighted by atomic mass is 31.2. The number of aliphatic hydroxyl groups excluding tert-OH is 1. The van der Waals surface area contributed by atoms with Gasteiger partial charge in [-0.3, -0.25) is 37.3 Å². The van der Waals surface area contributed by atoms with Gasteiger partial charge in [-0.15, -0.1) is 0 Å². The maximum atomic E-state index is 13.1. The molecule has 0 bridgehead atoms. The Morgan fingerprint density at radius 1 is 0.262 bits per heavy atom. The van der Waals surface area contributed by atoms with Crippen molar-refractivity contribution in [3.8, 4) is 0 Å². The van der Waals surface area contributed by atoms with Crippen LogP contribution >= 0.6 is 15.6 Å². The Balaban J connectivity index is 5.15. The molecule has 0 radical (unpaired) electrons. The Labute approximate surface area is 632 Å². The summed E-state index contributed by atoms with van der Waals surface area (Å²) < 4.78 is 68.7. The normalized spacial score (nSPS) is 13.8. The number of phosphoric acid groups is 2. The molecule has 0 saturated heterocycles. The van der Waals surface area contributed by atoms with Gasteiger partial charge in [0.15, 0.2) is 12.2 Å². The second-order valence-electron chi connectivity index (χ2n) is 30.7. The first kappa shape index (κ1) is 101. The number of phosphoric ester groups is 2. The summed E-state index contributed by atoms with van der Waals surface area (Å²) in [5, 5.41) is 10.6. The smallest absolute Gasteiger partial charge is 0.462 e. The van der Waals surface area contributed by atoms with Crippen LogP contribution in [0, 0.1) is 5.92 Å². The monoisotopic (exact) mass is 1510 g/mol. The van der Waals surface area contributed by atoms with Crippen molar-refractivity contribution in [3.05, 3.63) is 0 Å². The lowest BCUT2D eigenvalue weighted by atomic mass is 10.0. The molecule has 0 saturated carbocycles. The quantitative estimate of drug-likeness (QED) is 0.0222. The Morgan fingerprint density at radius 3 is 0.660 bits per heavy atom. The van der Waals surface area contributed by atoms with E-state index in [0.717, 1.165) is 109 Å². The van der Waals surface area contributed by atoms with Crippen LogP contribution in [-0.2, 0) is 65.4 Å². The Hall–Kier alpha value is -1.94. The molecule has 0 aliphatic carbocycles. The molecule has 0 aliphatic heterocycles. The highest BCUT2D eigenvalue weighted by Crippen LogP contribution is 2.45. The standard InChI is InChI=1S/C84H164O17P2/c1-6-9-12-15-18-20-22-24-26-28-29-30-31-32-34-36-42-46-50-55-60-65-70-84(89)101-80(74-95-82(87)68-63-58-53-48-44-40-38-37-39-43-47-52-56-61-66-77(4)5)76-99-103(92,93)97-72-78(85)71-96-102(90,91)98-75-79(73-94-81(86)67-62-57-51-17-14-11-8-3)100-83(88)69-64-59-54-49-45-41-35-33-27-25-23-21-19-16-13-10-7-2/h77-80,85H,6-76H2,1-5H3,(H,90,91)(H,92,93)/t78-,79+,80+/m0/s1. The summed E-state index contributed by atoms with van der Waals surface area (Å²) in [5.74, 6) is -1.31. The van der Waals surface area contributed by atoms with Crippen LogP contribution < -0.4 is 0 Å². The number of hydrogen-bond donors (Lipinski definition) is 3. The van der Waals surface area contributed by atoms with Gasteiger partial charge >= 0.3 is 39.5 Å². The molecule has 3 N–H and O–H groups in total. The average molecular weight is 1510 g/mol. The molecule has 0 spiro atoms. The summed E-state index contributed by atoms with van der Waals surface area (Å²) in [7, 11) is -9.92. The zero-order valence-electron chi connectivity index (χ0n) is 67.5. The van der Waals surface area contributed by atoms with E-state index in [-0.39, 0.29) is 25.7 Å². The molecule has 103 heavy (non-hydrogen) atoms. The van der Waals surface area contributed by atoms with Gasteiger partial charge in [0.05, 0.1) is 26.4 Å². The third kappa shape index (κ3) is 78.0. The number of esters is 4. The molecular weight excluding hydrogens is 1340 g/mol. The number of hydrogen-bond acceptors (Lipinski definition) is 15. The Kier molecular flexibility index (Phi) is 75.4. The molecule has 5 atom stereocenters.